The molecule has 7 nitrogen and oxygen atoms in total. The van der Waals surface area contributed by atoms with E-state index in [1.165, 1.54) is 7.11 Å². The van der Waals surface area contributed by atoms with Gasteiger partial charge in [0.1, 0.15) is 0 Å². The number of methoxy groups -OCH3 is 1. The molecule has 112 valence electrons. The standard InChI is InChI=1S/C14H19N5O2/c1-3-18(11-14(20)21-2)10-13-15-16-17-19(13)9-12-7-5-4-6-8-12/h4-8H,3,9-11H2,1-2H3. The van der Waals surface area contributed by atoms with Crippen LogP contribution in [0.15, 0.2) is 30.3 Å². The van der Waals surface area contributed by atoms with Gasteiger partial charge >= 0.3 is 5.97 Å². The molecule has 0 amide bonds. The van der Waals surface area contributed by atoms with Gasteiger partial charge in [-0.05, 0) is 22.5 Å². The maximum Gasteiger partial charge on any atom is 0.319 e. The molecule has 0 aliphatic rings. The Labute approximate surface area is 123 Å². The molecule has 0 bridgehead atoms. The summed E-state index contributed by atoms with van der Waals surface area (Å²) < 4.78 is 6.43. The van der Waals surface area contributed by atoms with E-state index in [0.717, 1.165) is 11.4 Å². The monoisotopic (exact) mass is 289 g/mol. The molecule has 0 saturated heterocycles. The summed E-state index contributed by atoms with van der Waals surface area (Å²) in [5.41, 5.74) is 1.13. The summed E-state index contributed by atoms with van der Waals surface area (Å²) in [6.07, 6.45) is 0. The number of carbonyl (C=O) groups is 1. The van der Waals surface area contributed by atoms with E-state index in [4.69, 9.17) is 0 Å². The lowest BCUT2D eigenvalue weighted by Crippen LogP contribution is -2.31. The van der Waals surface area contributed by atoms with Crippen LogP contribution in [-0.4, -0.2) is 51.3 Å². The molecule has 0 radical (unpaired) electrons. The van der Waals surface area contributed by atoms with Gasteiger partial charge in [0.05, 0.1) is 26.7 Å². The Morgan fingerprint density at radius 1 is 1.33 bits per heavy atom. The van der Waals surface area contributed by atoms with Crippen LogP contribution >= 0.6 is 0 Å². The molecule has 1 aromatic carbocycles. The van der Waals surface area contributed by atoms with Crippen LogP contribution in [0.3, 0.4) is 0 Å². The first-order chi connectivity index (χ1) is 10.2. The summed E-state index contributed by atoms with van der Waals surface area (Å²) in [5, 5.41) is 11.8. The smallest absolute Gasteiger partial charge is 0.319 e. The Hall–Kier alpha value is -2.28. The lowest BCUT2D eigenvalue weighted by atomic mass is 10.2. The summed E-state index contributed by atoms with van der Waals surface area (Å²) >= 11 is 0. The molecule has 2 rings (SSSR count). The molecule has 0 N–H and O–H groups in total. The van der Waals surface area contributed by atoms with Gasteiger partial charge in [0.25, 0.3) is 0 Å². The minimum atomic E-state index is -0.265. The second kappa shape index (κ2) is 7.49. The van der Waals surface area contributed by atoms with Crippen molar-refractivity contribution in [2.45, 2.75) is 20.0 Å². The van der Waals surface area contributed by atoms with E-state index in [-0.39, 0.29) is 12.5 Å². The first-order valence-electron chi connectivity index (χ1n) is 6.81. The number of esters is 1. The van der Waals surface area contributed by atoms with E-state index < -0.39 is 0 Å². The van der Waals surface area contributed by atoms with Gasteiger partial charge in [0.2, 0.25) is 0 Å². The normalized spacial score (nSPS) is 10.8. The molecule has 0 fully saturated rings. The van der Waals surface area contributed by atoms with Crippen molar-refractivity contribution in [2.75, 3.05) is 20.2 Å². The van der Waals surface area contributed by atoms with Crippen molar-refractivity contribution < 1.29 is 9.53 Å². The fraction of sp³-hybridized carbons (Fsp3) is 0.429. The predicted octanol–water partition coefficient (Wildman–Crippen LogP) is 0.716. The summed E-state index contributed by atoms with van der Waals surface area (Å²) in [6, 6.07) is 9.98. The number of tetrazole rings is 1. The zero-order valence-electron chi connectivity index (χ0n) is 12.3. The maximum atomic E-state index is 11.4. The van der Waals surface area contributed by atoms with E-state index in [0.29, 0.717) is 19.6 Å². The van der Waals surface area contributed by atoms with Gasteiger partial charge in [-0.1, -0.05) is 37.3 Å². The van der Waals surface area contributed by atoms with E-state index in [1.54, 1.807) is 4.68 Å². The average molecular weight is 289 g/mol. The predicted molar refractivity (Wildman–Crippen MR) is 76.3 cm³/mol. The van der Waals surface area contributed by atoms with Crippen LogP contribution in [0.5, 0.6) is 0 Å². The van der Waals surface area contributed by atoms with Crippen LogP contribution in [0.25, 0.3) is 0 Å². The molecule has 1 aromatic heterocycles. The summed E-state index contributed by atoms with van der Waals surface area (Å²) in [4.78, 5) is 13.3. The van der Waals surface area contributed by atoms with Gasteiger partial charge in [-0.15, -0.1) is 5.10 Å². The molecular weight excluding hydrogens is 270 g/mol. The van der Waals surface area contributed by atoms with E-state index >= 15 is 0 Å². The average Bonchev–Trinajstić information content (AvgIpc) is 2.94. The van der Waals surface area contributed by atoms with Gasteiger partial charge in [-0.25, -0.2) is 4.68 Å². The van der Waals surface area contributed by atoms with Crippen molar-refractivity contribution in [3.63, 3.8) is 0 Å². The topological polar surface area (TPSA) is 73.1 Å². The van der Waals surface area contributed by atoms with Gasteiger partial charge in [0, 0.05) is 0 Å². The van der Waals surface area contributed by atoms with Crippen LogP contribution < -0.4 is 0 Å². The number of ether oxygens (including phenoxy) is 1. The number of hydrogen-bond acceptors (Lipinski definition) is 6. The number of rotatable bonds is 7. The third-order valence-electron chi connectivity index (χ3n) is 3.17. The molecule has 0 aliphatic heterocycles. The van der Waals surface area contributed by atoms with Crippen LogP contribution in [0, 0.1) is 0 Å². The lowest BCUT2D eigenvalue weighted by Gasteiger charge is -2.18. The van der Waals surface area contributed by atoms with E-state index in [2.05, 4.69) is 20.3 Å². The largest absolute Gasteiger partial charge is 0.468 e. The maximum absolute atomic E-state index is 11.4. The molecule has 0 atom stereocenters. The molecule has 1 heterocycles. The third-order valence-corrected chi connectivity index (χ3v) is 3.17. The number of aromatic nitrogens is 4. The van der Waals surface area contributed by atoms with Gasteiger partial charge in [0.15, 0.2) is 5.82 Å². The summed E-state index contributed by atoms with van der Waals surface area (Å²) in [5.74, 6) is 0.462. The molecule has 7 heteroatoms. The number of nitrogens with zero attached hydrogens (tertiary/aromatic N) is 5. The minimum absolute atomic E-state index is 0.227. The third kappa shape index (κ3) is 4.35. The molecule has 21 heavy (non-hydrogen) atoms. The van der Waals surface area contributed by atoms with E-state index in [1.807, 2.05) is 42.2 Å². The molecular formula is C14H19N5O2. The number of benzene rings is 1. The quantitative estimate of drug-likeness (QED) is 0.699. The Balaban J connectivity index is 2.04. The Morgan fingerprint density at radius 2 is 2.10 bits per heavy atom. The second-order valence-corrected chi connectivity index (χ2v) is 4.62. The highest BCUT2D eigenvalue weighted by molar-refractivity contribution is 5.71. The van der Waals surface area contributed by atoms with Crippen LogP contribution in [0.1, 0.15) is 18.3 Å². The number of likely N-dealkylation sites (N-methyl/N-ethyl adjacent to an activating group) is 1. The number of hydrogen-bond donors (Lipinski definition) is 0. The fourth-order valence-corrected chi connectivity index (χ4v) is 1.94. The lowest BCUT2D eigenvalue weighted by molar-refractivity contribution is -0.142. The minimum Gasteiger partial charge on any atom is -0.468 e. The van der Waals surface area contributed by atoms with Crippen molar-refractivity contribution in [1.82, 2.24) is 25.1 Å². The van der Waals surface area contributed by atoms with Gasteiger partial charge < -0.3 is 4.74 Å². The van der Waals surface area contributed by atoms with Crippen LogP contribution in [-0.2, 0) is 22.6 Å². The molecule has 0 saturated carbocycles. The zero-order valence-corrected chi connectivity index (χ0v) is 12.3. The Morgan fingerprint density at radius 3 is 2.76 bits per heavy atom. The Bertz CT molecular complexity index is 570. The zero-order chi connectivity index (χ0) is 15.1. The van der Waals surface area contributed by atoms with Gasteiger partial charge in [-0.2, -0.15) is 0 Å². The second-order valence-electron chi connectivity index (χ2n) is 4.62. The summed E-state index contributed by atoms with van der Waals surface area (Å²) in [6.45, 7) is 4.04. The van der Waals surface area contributed by atoms with Crippen molar-refractivity contribution in [1.29, 1.82) is 0 Å². The van der Waals surface area contributed by atoms with Crippen LogP contribution in [0.2, 0.25) is 0 Å². The van der Waals surface area contributed by atoms with Crippen molar-refractivity contribution >= 4 is 5.97 Å². The molecule has 0 unspecified atom stereocenters. The van der Waals surface area contributed by atoms with E-state index in [9.17, 15) is 4.79 Å². The SMILES string of the molecule is CCN(CC(=O)OC)Cc1nnnn1Cc1ccccc1. The fourth-order valence-electron chi connectivity index (χ4n) is 1.94. The van der Waals surface area contributed by atoms with Crippen molar-refractivity contribution in [3.8, 4) is 0 Å². The highest BCUT2D eigenvalue weighted by Crippen LogP contribution is 2.05. The van der Waals surface area contributed by atoms with Crippen molar-refractivity contribution in [2.24, 2.45) is 0 Å². The highest BCUT2D eigenvalue weighted by Gasteiger charge is 2.14. The molecule has 0 spiro atoms. The molecule has 2 aromatic rings. The summed E-state index contributed by atoms with van der Waals surface area (Å²) in [7, 11) is 1.38. The molecule has 0 aliphatic carbocycles. The van der Waals surface area contributed by atoms with Gasteiger partial charge in [-0.3, -0.25) is 9.69 Å². The van der Waals surface area contributed by atoms with Crippen molar-refractivity contribution in [3.05, 3.63) is 41.7 Å². The first-order valence-corrected chi connectivity index (χ1v) is 6.81. The Kier molecular flexibility index (Phi) is 5.39. The van der Waals surface area contributed by atoms with Crippen LogP contribution in [0.4, 0.5) is 0 Å². The highest BCUT2D eigenvalue weighted by atomic mass is 16.5. The first kappa shape index (κ1) is 15.1. The number of carbonyl (C=O) groups excluding carboxylic acids is 1.